The highest BCUT2D eigenvalue weighted by Gasteiger charge is 2.34. The standard InChI is InChI=1S/C19H19N5OS/c1-10-6-4-5-7-13(10)18-22-19-21-12(3)14(17(20)25)15(24(19)23-18)16-11(2)8-9-26-16/h4-9,15H,1-3H3,(H2,20,25)(H,21,22,23). The van der Waals surface area contributed by atoms with E-state index in [1.807, 2.05) is 56.5 Å². The summed E-state index contributed by atoms with van der Waals surface area (Å²) in [5.74, 6) is 0.790. The molecule has 7 heteroatoms. The van der Waals surface area contributed by atoms with Crippen molar-refractivity contribution in [2.24, 2.45) is 5.73 Å². The van der Waals surface area contributed by atoms with E-state index in [0.29, 0.717) is 23.0 Å². The van der Waals surface area contributed by atoms with Crippen molar-refractivity contribution in [1.82, 2.24) is 14.8 Å². The third-order valence-electron chi connectivity index (χ3n) is 4.65. The average molecular weight is 365 g/mol. The third-order valence-corrected chi connectivity index (χ3v) is 5.73. The van der Waals surface area contributed by atoms with Gasteiger partial charge in [-0.25, -0.2) is 4.68 Å². The lowest BCUT2D eigenvalue weighted by Gasteiger charge is -2.27. The Labute approximate surface area is 155 Å². The molecule has 1 atom stereocenters. The van der Waals surface area contributed by atoms with E-state index in [-0.39, 0.29) is 6.04 Å². The van der Waals surface area contributed by atoms with E-state index in [1.54, 1.807) is 16.0 Å². The van der Waals surface area contributed by atoms with Gasteiger partial charge in [-0.05, 0) is 43.3 Å². The van der Waals surface area contributed by atoms with Crippen LogP contribution in [0.15, 0.2) is 47.0 Å². The zero-order valence-corrected chi connectivity index (χ0v) is 15.6. The van der Waals surface area contributed by atoms with Crippen LogP contribution in [0.5, 0.6) is 0 Å². The molecule has 4 rings (SSSR count). The summed E-state index contributed by atoms with van der Waals surface area (Å²) in [6.45, 7) is 5.91. The van der Waals surface area contributed by atoms with Crippen molar-refractivity contribution in [3.8, 4) is 11.4 Å². The Bertz CT molecular complexity index is 1050. The van der Waals surface area contributed by atoms with Crippen LogP contribution in [-0.4, -0.2) is 20.7 Å². The van der Waals surface area contributed by atoms with Crippen LogP contribution < -0.4 is 11.1 Å². The van der Waals surface area contributed by atoms with Gasteiger partial charge in [-0.3, -0.25) is 4.79 Å². The minimum atomic E-state index is -0.452. The Morgan fingerprint density at radius 1 is 1.19 bits per heavy atom. The first kappa shape index (κ1) is 16.5. The fourth-order valence-electron chi connectivity index (χ4n) is 3.32. The van der Waals surface area contributed by atoms with Crippen molar-refractivity contribution in [2.45, 2.75) is 26.8 Å². The number of allylic oxidation sites excluding steroid dienone is 1. The number of nitrogens with two attached hydrogens (primary N) is 1. The molecule has 0 saturated heterocycles. The second-order valence-electron chi connectivity index (χ2n) is 6.42. The summed E-state index contributed by atoms with van der Waals surface area (Å²) >= 11 is 1.59. The summed E-state index contributed by atoms with van der Waals surface area (Å²) in [6.07, 6.45) is 0. The van der Waals surface area contributed by atoms with Crippen LogP contribution in [0.3, 0.4) is 0 Å². The number of aromatic nitrogens is 3. The molecule has 3 heterocycles. The number of nitrogens with zero attached hydrogens (tertiary/aromatic N) is 3. The van der Waals surface area contributed by atoms with Crippen molar-refractivity contribution >= 4 is 23.2 Å². The minimum absolute atomic E-state index is 0.367. The van der Waals surface area contributed by atoms with Crippen LogP contribution >= 0.6 is 11.3 Å². The smallest absolute Gasteiger partial charge is 0.248 e. The van der Waals surface area contributed by atoms with Crippen molar-refractivity contribution in [1.29, 1.82) is 0 Å². The van der Waals surface area contributed by atoms with Crippen LogP contribution in [0.2, 0.25) is 0 Å². The molecule has 0 radical (unpaired) electrons. The Morgan fingerprint density at radius 3 is 2.62 bits per heavy atom. The Balaban J connectivity index is 1.92. The fraction of sp³-hybridized carbons (Fsp3) is 0.211. The van der Waals surface area contributed by atoms with Gasteiger partial charge < -0.3 is 11.1 Å². The maximum Gasteiger partial charge on any atom is 0.248 e. The number of carbonyl (C=O) groups is 1. The second kappa shape index (κ2) is 6.10. The van der Waals surface area contributed by atoms with E-state index in [1.165, 1.54) is 0 Å². The Kier molecular flexibility index (Phi) is 3.88. The lowest BCUT2D eigenvalue weighted by atomic mass is 9.99. The van der Waals surface area contributed by atoms with Gasteiger partial charge in [0.05, 0.1) is 5.57 Å². The van der Waals surface area contributed by atoms with E-state index >= 15 is 0 Å². The van der Waals surface area contributed by atoms with Gasteiger partial charge >= 0.3 is 0 Å². The molecule has 0 fully saturated rings. The van der Waals surface area contributed by atoms with Gasteiger partial charge in [0.2, 0.25) is 11.9 Å². The molecule has 132 valence electrons. The molecule has 1 unspecified atom stereocenters. The maximum absolute atomic E-state index is 12.2. The number of rotatable bonds is 3. The molecular formula is C19H19N5OS. The number of thiophene rings is 1. The van der Waals surface area contributed by atoms with Crippen LogP contribution in [0.25, 0.3) is 11.4 Å². The zero-order valence-electron chi connectivity index (χ0n) is 14.8. The topological polar surface area (TPSA) is 85.8 Å². The molecule has 3 N–H and O–H groups in total. The molecule has 1 aliphatic heterocycles. The number of hydrogen-bond donors (Lipinski definition) is 2. The Hall–Kier alpha value is -2.93. The number of amides is 1. The summed E-state index contributed by atoms with van der Waals surface area (Å²) in [7, 11) is 0. The van der Waals surface area contributed by atoms with Crippen molar-refractivity contribution in [2.75, 3.05) is 5.32 Å². The van der Waals surface area contributed by atoms with E-state index < -0.39 is 5.91 Å². The SMILES string of the molecule is CC1=C(C(N)=O)C(c2sccc2C)n2nc(-c3ccccc3C)nc2N1. The first-order valence-corrected chi connectivity index (χ1v) is 9.19. The second-order valence-corrected chi connectivity index (χ2v) is 7.36. The minimum Gasteiger partial charge on any atom is -0.366 e. The van der Waals surface area contributed by atoms with Crippen LogP contribution in [0, 0.1) is 13.8 Å². The number of hydrogen-bond acceptors (Lipinski definition) is 5. The highest BCUT2D eigenvalue weighted by Crippen LogP contribution is 2.39. The summed E-state index contributed by atoms with van der Waals surface area (Å²) in [5, 5.41) is 9.93. The van der Waals surface area contributed by atoms with E-state index in [4.69, 9.17) is 10.8 Å². The Morgan fingerprint density at radius 2 is 1.96 bits per heavy atom. The number of nitrogens with one attached hydrogen (secondary N) is 1. The summed E-state index contributed by atoms with van der Waals surface area (Å²) < 4.78 is 1.77. The number of aryl methyl sites for hydroxylation is 2. The van der Waals surface area contributed by atoms with Gasteiger partial charge in [0.25, 0.3) is 0 Å². The largest absolute Gasteiger partial charge is 0.366 e. The molecule has 3 aromatic rings. The number of anilines is 1. The van der Waals surface area contributed by atoms with E-state index in [2.05, 4.69) is 10.3 Å². The molecule has 6 nitrogen and oxygen atoms in total. The quantitative estimate of drug-likeness (QED) is 0.745. The molecule has 0 saturated carbocycles. The van der Waals surface area contributed by atoms with Crippen molar-refractivity contribution in [3.63, 3.8) is 0 Å². The third kappa shape index (κ3) is 2.52. The molecule has 0 aliphatic carbocycles. The maximum atomic E-state index is 12.2. The first-order valence-electron chi connectivity index (χ1n) is 8.31. The fourth-order valence-corrected chi connectivity index (χ4v) is 4.33. The molecule has 1 aliphatic rings. The van der Waals surface area contributed by atoms with Gasteiger partial charge in [0.1, 0.15) is 6.04 Å². The summed E-state index contributed by atoms with van der Waals surface area (Å²) in [4.78, 5) is 17.9. The molecule has 2 aromatic heterocycles. The van der Waals surface area contributed by atoms with Crippen LogP contribution in [-0.2, 0) is 4.79 Å². The average Bonchev–Trinajstić information content (AvgIpc) is 3.19. The molecule has 1 aromatic carbocycles. The molecule has 1 amide bonds. The van der Waals surface area contributed by atoms with Gasteiger partial charge in [-0.1, -0.05) is 24.3 Å². The van der Waals surface area contributed by atoms with E-state index in [0.717, 1.165) is 21.6 Å². The van der Waals surface area contributed by atoms with Gasteiger partial charge in [0, 0.05) is 16.1 Å². The number of fused-ring (bicyclic) bond motifs is 1. The predicted octanol–water partition coefficient (Wildman–Crippen LogP) is 3.40. The van der Waals surface area contributed by atoms with Crippen LogP contribution in [0.1, 0.15) is 29.0 Å². The molecular weight excluding hydrogens is 346 g/mol. The normalized spacial score (nSPS) is 16.3. The number of benzene rings is 1. The zero-order chi connectivity index (χ0) is 18.4. The highest BCUT2D eigenvalue weighted by molar-refractivity contribution is 7.10. The van der Waals surface area contributed by atoms with Crippen molar-refractivity contribution in [3.05, 3.63) is 63.0 Å². The highest BCUT2D eigenvalue weighted by atomic mass is 32.1. The van der Waals surface area contributed by atoms with E-state index in [9.17, 15) is 4.79 Å². The lowest BCUT2D eigenvalue weighted by molar-refractivity contribution is -0.115. The summed E-state index contributed by atoms with van der Waals surface area (Å²) in [5.41, 5.74) is 10.1. The molecule has 0 spiro atoms. The first-order chi connectivity index (χ1) is 12.5. The van der Waals surface area contributed by atoms with Gasteiger partial charge in [-0.15, -0.1) is 16.4 Å². The monoisotopic (exact) mass is 365 g/mol. The van der Waals surface area contributed by atoms with Crippen LogP contribution in [0.4, 0.5) is 5.95 Å². The van der Waals surface area contributed by atoms with Gasteiger partial charge in [0.15, 0.2) is 5.82 Å². The molecule has 26 heavy (non-hydrogen) atoms. The number of primary amides is 1. The van der Waals surface area contributed by atoms with Crippen molar-refractivity contribution < 1.29 is 4.79 Å². The number of carbonyl (C=O) groups excluding carboxylic acids is 1. The lowest BCUT2D eigenvalue weighted by Crippen LogP contribution is -2.31. The molecule has 0 bridgehead atoms. The van der Waals surface area contributed by atoms with Gasteiger partial charge in [-0.2, -0.15) is 4.98 Å². The predicted molar refractivity (Wildman–Crippen MR) is 103 cm³/mol. The summed E-state index contributed by atoms with van der Waals surface area (Å²) in [6, 6.07) is 9.65.